The van der Waals surface area contributed by atoms with Gasteiger partial charge in [0.2, 0.25) is 0 Å². The molecule has 3 aromatic carbocycles. The molecule has 1 N–H and O–H groups in total. The second kappa shape index (κ2) is 17.4. The van der Waals surface area contributed by atoms with E-state index in [9.17, 15) is 0 Å². The van der Waals surface area contributed by atoms with Gasteiger partial charge >= 0.3 is 0 Å². The van der Waals surface area contributed by atoms with Crippen molar-refractivity contribution in [2.24, 2.45) is 5.92 Å². The Morgan fingerprint density at radius 3 is 1.92 bits per heavy atom. The highest BCUT2D eigenvalue weighted by Crippen LogP contribution is 2.29. The Labute approximate surface area is 291 Å². The molecule has 1 aliphatic carbocycles. The second-order valence-corrected chi connectivity index (χ2v) is 15.5. The number of piperazine rings is 2. The largest absolute Gasteiger partial charge is 0.314 e. The number of hydrogen-bond donors (Lipinski definition) is 1. The first-order valence-corrected chi connectivity index (χ1v) is 19.6. The summed E-state index contributed by atoms with van der Waals surface area (Å²) in [7, 11) is 0. The Balaban J connectivity index is 1.06. The number of nitrogens with zero attached hydrogens (tertiary/aromatic N) is 4. The van der Waals surface area contributed by atoms with E-state index in [1.807, 2.05) is 0 Å². The van der Waals surface area contributed by atoms with Crippen LogP contribution in [0.5, 0.6) is 0 Å². The minimum absolute atomic E-state index is 0.547. The summed E-state index contributed by atoms with van der Waals surface area (Å²) in [6.07, 6.45) is 13.3. The van der Waals surface area contributed by atoms with Crippen LogP contribution in [0, 0.1) is 5.92 Å². The molecule has 0 bridgehead atoms. The second-order valence-electron chi connectivity index (χ2n) is 15.5. The third-order valence-electron chi connectivity index (χ3n) is 12.2. The van der Waals surface area contributed by atoms with E-state index >= 15 is 0 Å². The summed E-state index contributed by atoms with van der Waals surface area (Å²) in [6.45, 7) is 11.9. The molecule has 1 unspecified atom stereocenters. The number of benzene rings is 3. The van der Waals surface area contributed by atoms with E-state index in [2.05, 4.69) is 116 Å². The Morgan fingerprint density at radius 2 is 1.21 bits per heavy atom. The zero-order valence-electron chi connectivity index (χ0n) is 29.5. The quantitative estimate of drug-likeness (QED) is 0.232. The van der Waals surface area contributed by atoms with Crippen molar-refractivity contribution >= 4 is 0 Å². The maximum atomic E-state index is 3.71. The smallest absolute Gasteiger partial charge is 0.0264 e. The normalized spacial score (nSPS) is 26.1. The summed E-state index contributed by atoms with van der Waals surface area (Å²) < 4.78 is 0. The first-order valence-electron chi connectivity index (χ1n) is 19.6. The maximum absolute atomic E-state index is 3.71. The molecule has 258 valence electrons. The zero-order chi connectivity index (χ0) is 32.4. The van der Waals surface area contributed by atoms with Crippen molar-refractivity contribution in [3.05, 3.63) is 108 Å². The molecule has 0 spiro atoms. The summed E-state index contributed by atoms with van der Waals surface area (Å²) in [6, 6.07) is 36.3. The van der Waals surface area contributed by atoms with E-state index in [0.717, 1.165) is 31.8 Å². The average Bonchev–Trinajstić information content (AvgIpc) is 3.57. The maximum Gasteiger partial charge on any atom is 0.0264 e. The van der Waals surface area contributed by atoms with Gasteiger partial charge in [0.25, 0.3) is 0 Å². The summed E-state index contributed by atoms with van der Waals surface area (Å²) in [5.74, 6) is 0.893. The average molecular weight is 648 g/mol. The standard InChI is InChI=1S/C43H61N5/c1-5-14-36(15-6-1)28-41-31-44-23-25-46(41)33-40-22-13-24-45(40)34-43(30-38-18-9-3-10-19-38)48-27-26-47(32-39-20-11-4-12-21-39)42(35-48)29-37-16-7-2-8-17-37/h1-3,5-10,14-19,39-44H,4,11-13,20-35H2/t40?,41-,42-,43-/m0/s1. The van der Waals surface area contributed by atoms with E-state index in [4.69, 9.17) is 0 Å². The molecule has 4 atom stereocenters. The molecular formula is C43H61N5. The Hall–Kier alpha value is -2.54. The van der Waals surface area contributed by atoms with Crippen molar-refractivity contribution in [3.63, 3.8) is 0 Å². The van der Waals surface area contributed by atoms with Crippen molar-refractivity contribution in [2.75, 3.05) is 65.4 Å². The van der Waals surface area contributed by atoms with Crippen molar-refractivity contribution in [1.29, 1.82) is 0 Å². The highest BCUT2D eigenvalue weighted by Gasteiger charge is 2.36. The highest BCUT2D eigenvalue weighted by atomic mass is 15.3. The molecule has 48 heavy (non-hydrogen) atoms. The molecule has 7 rings (SSSR count). The van der Waals surface area contributed by atoms with Gasteiger partial charge in [-0.3, -0.25) is 19.6 Å². The molecule has 5 heteroatoms. The monoisotopic (exact) mass is 647 g/mol. The number of rotatable bonds is 13. The molecule has 5 nitrogen and oxygen atoms in total. The predicted octanol–water partition coefficient (Wildman–Crippen LogP) is 6.39. The molecule has 3 saturated heterocycles. The number of hydrogen-bond acceptors (Lipinski definition) is 5. The molecule has 1 saturated carbocycles. The summed E-state index contributed by atoms with van der Waals surface area (Å²) in [5, 5.41) is 3.71. The lowest BCUT2D eigenvalue weighted by Gasteiger charge is -2.47. The SMILES string of the molecule is c1ccc(C[C@H]2CNCCN2CC2CCCN2C[C@H](Cc2ccccc2)N2CCN(CC3CCCCC3)[C@@H](Cc3ccccc3)C2)cc1. The van der Waals surface area contributed by atoms with Crippen LogP contribution in [0.3, 0.4) is 0 Å². The fourth-order valence-electron chi connectivity index (χ4n) is 9.48. The Morgan fingerprint density at radius 1 is 0.562 bits per heavy atom. The molecule has 4 fully saturated rings. The fraction of sp³-hybridized carbons (Fsp3) is 0.581. The van der Waals surface area contributed by atoms with E-state index in [-0.39, 0.29) is 0 Å². The van der Waals surface area contributed by atoms with Gasteiger partial charge < -0.3 is 5.32 Å². The van der Waals surface area contributed by atoms with Crippen molar-refractivity contribution in [1.82, 2.24) is 24.9 Å². The van der Waals surface area contributed by atoms with Crippen LogP contribution in [-0.4, -0.2) is 109 Å². The Kier molecular flexibility index (Phi) is 12.3. The van der Waals surface area contributed by atoms with Gasteiger partial charge in [-0.1, -0.05) is 110 Å². The number of nitrogens with one attached hydrogen (secondary N) is 1. The number of likely N-dealkylation sites (tertiary alicyclic amines) is 1. The third-order valence-corrected chi connectivity index (χ3v) is 12.2. The van der Waals surface area contributed by atoms with E-state index < -0.39 is 0 Å². The van der Waals surface area contributed by atoms with E-state index in [1.165, 1.54) is 120 Å². The van der Waals surface area contributed by atoms with Crippen molar-refractivity contribution < 1.29 is 0 Å². The van der Waals surface area contributed by atoms with Crippen LogP contribution < -0.4 is 5.32 Å². The van der Waals surface area contributed by atoms with Gasteiger partial charge in [0, 0.05) is 83.1 Å². The zero-order valence-corrected chi connectivity index (χ0v) is 29.5. The van der Waals surface area contributed by atoms with Crippen molar-refractivity contribution in [2.45, 2.75) is 88.4 Å². The summed E-state index contributed by atoms with van der Waals surface area (Å²) >= 11 is 0. The molecule has 3 aromatic rings. The molecule has 3 aliphatic heterocycles. The van der Waals surface area contributed by atoms with Gasteiger partial charge in [-0.05, 0) is 74.1 Å². The van der Waals surface area contributed by atoms with Gasteiger partial charge in [0.1, 0.15) is 0 Å². The van der Waals surface area contributed by atoms with Crippen LogP contribution in [0.15, 0.2) is 91.0 Å². The van der Waals surface area contributed by atoms with Crippen LogP contribution in [0.4, 0.5) is 0 Å². The van der Waals surface area contributed by atoms with Crippen LogP contribution in [-0.2, 0) is 19.3 Å². The molecule has 0 aromatic heterocycles. The lowest BCUT2D eigenvalue weighted by atomic mass is 9.88. The van der Waals surface area contributed by atoms with Gasteiger partial charge in [0.15, 0.2) is 0 Å². The lowest BCUT2D eigenvalue weighted by Crippen LogP contribution is -2.60. The first-order chi connectivity index (χ1) is 23.8. The molecular weight excluding hydrogens is 587 g/mol. The van der Waals surface area contributed by atoms with Crippen molar-refractivity contribution in [3.8, 4) is 0 Å². The topological polar surface area (TPSA) is 25.0 Å². The van der Waals surface area contributed by atoms with Gasteiger partial charge in [-0.2, -0.15) is 0 Å². The summed E-state index contributed by atoms with van der Waals surface area (Å²) in [4.78, 5) is 11.6. The van der Waals surface area contributed by atoms with Crippen LogP contribution >= 0.6 is 0 Å². The molecule has 4 aliphatic rings. The van der Waals surface area contributed by atoms with Gasteiger partial charge in [-0.15, -0.1) is 0 Å². The highest BCUT2D eigenvalue weighted by molar-refractivity contribution is 5.19. The Bertz CT molecular complexity index is 1330. The van der Waals surface area contributed by atoms with E-state index in [0.29, 0.717) is 24.2 Å². The van der Waals surface area contributed by atoms with Crippen LogP contribution in [0.25, 0.3) is 0 Å². The minimum atomic E-state index is 0.547. The third kappa shape index (κ3) is 9.37. The van der Waals surface area contributed by atoms with E-state index in [1.54, 1.807) is 0 Å². The molecule has 3 heterocycles. The lowest BCUT2D eigenvalue weighted by molar-refractivity contribution is 0.0198. The predicted molar refractivity (Wildman–Crippen MR) is 201 cm³/mol. The molecule has 0 radical (unpaired) electrons. The van der Waals surface area contributed by atoms with Gasteiger partial charge in [0.05, 0.1) is 0 Å². The molecule has 0 amide bonds. The first kappa shape index (κ1) is 33.9. The minimum Gasteiger partial charge on any atom is -0.314 e. The fourth-order valence-corrected chi connectivity index (χ4v) is 9.48. The summed E-state index contributed by atoms with van der Waals surface area (Å²) in [5.41, 5.74) is 4.46. The van der Waals surface area contributed by atoms with Gasteiger partial charge in [-0.25, -0.2) is 0 Å². The van der Waals surface area contributed by atoms with Crippen LogP contribution in [0.2, 0.25) is 0 Å². The van der Waals surface area contributed by atoms with Crippen LogP contribution in [0.1, 0.15) is 61.6 Å².